The predicted octanol–water partition coefficient (Wildman–Crippen LogP) is 4.05. The molecule has 0 radical (unpaired) electrons. The topological polar surface area (TPSA) is 148 Å². The third kappa shape index (κ3) is 12.1. The summed E-state index contributed by atoms with van der Waals surface area (Å²) in [5, 5.41) is 13.0. The minimum Gasteiger partial charge on any atom is -0.444 e. The van der Waals surface area contributed by atoms with Crippen LogP contribution in [0, 0.1) is 11.6 Å². The quantitative estimate of drug-likeness (QED) is 0.214. The third-order valence-electron chi connectivity index (χ3n) is 8.26. The maximum absolute atomic E-state index is 14.3. The second-order valence-electron chi connectivity index (χ2n) is 12.2. The van der Waals surface area contributed by atoms with E-state index in [4.69, 9.17) is 15.2 Å². The highest BCUT2D eigenvalue weighted by Gasteiger charge is 2.36. The SMILES string of the molecule is CCCC(CCC)S(=O)(=O)CC(NC(=O)O[C@@H]1CCOC1)C(=O)N(Cc1cccc(CC)c1)C[C@@H](O)[C@@H](N)Cc1cc(F)cc(F)c1. The molecule has 0 bridgehead atoms. The number of aliphatic hydroxyl groups is 1. The summed E-state index contributed by atoms with van der Waals surface area (Å²) in [6, 6.07) is 7.86. The van der Waals surface area contributed by atoms with Crippen LogP contribution >= 0.6 is 0 Å². The number of alkyl carbamates (subject to hydrolysis) is 1. The molecule has 1 aliphatic heterocycles. The van der Waals surface area contributed by atoms with Crippen LogP contribution in [0.4, 0.5) is 13.6 Å². The number of carbonyl (C=O) groups is 2. The molecule has 262 valence electrons. The number of nitrogens with two attached hydrogens (primary N) is 1. The van der Waals surface area contributed by atoms with Crippen molar-refractivity contribution >= 4 is 21.8 Å². The number of ether oxygens (including phenoxy) is 2. The average molecular weight is 682 g/mol. The summed E-state index contributed by atoms with van der Waals surface area (Å²) < 4.78 is 65.7. The number of halogens is 2. The van der Waals surface area contributed by atoms with Crippen molar-refractivity contribution in [2.45, 2.75) is 102 Å². The van der Waals surface area contributed by atoms with Gasteiger partial charge in [0.1, 0.15) is 23.8 Å². The van der Waals surface area contributed by atoms with Gasteiger partial charge < -0.3 is 30.5 Å². The van der Waals surface area contributed by atoms with E-state index < -0.39 is 68.8 Å². The van der Waals surface area contributed by atoms with E-state index in [1.165, 1.54) is 4.90 Å². The highest BCUT2D eigenvalue weighted by Crippen LogP contribution is 2.20. The van der Waals surface area contributed by atoms with Gasteiger partial charge in [-0.05, 0) is 54.5 Å². The van der Waals surface area contributed by atoms with Gasteiger partial charge in [0.15, 0.2) is 9.84 Å². The number of nitrogens with one attached hydrogen (secondary N) is 1. The summed E-state index contributed by atoms with van der Waals surface area (Å²) in [7, 11) is -3.88. The van der Waals surface area contributed by atoms with Gasteiger partial charge >= 0.3 is 6.09 Å². The summed E-state index contributed by atoms with van der Waals surface area (Å²) in [5.74, 6) is -2.98. The lowest BCUT2D eigenvalue weighted by atomic mass is 10.0. The highest BCUT2D eigenvalue weighted by atomic mass is 32.2. The number of rotatable bonds is 18. The summed E-state index contributed by atoms with van der Waals surface area (Å²) in [6.07, 6.45) is 0.319. The van der Waals surface area contributed by atoms with Gasteiger partial charge in [0, 0.05) is 31.6 Å². The lowest BCUT2D eigenvalue weighted by Crippen LogP contribution is -2.55. The number of amides is 2. The lowest BCUT2D eigenvalue weighted by molar-refractivity contribution is -0.135. The second kappa shape index (κ2) is 18.4. The monoisotopic (exact) mass is 681 g/mol. The van der Waals surface area contributed by atoms with Gasteiger partial charge in [-0.3, -0.25) is 4.79 Å². The highest BCUT2D eigenvalue weighted by molar-refractivity contribution is 7.92. The Labute approximate surface area is 276 Å². The van der Waals surface area contributed by atoms with Crippen LogP contribution in [0.15, 0.2) is 42.5 Å². The first kappa shape index (κ1) is 38.3. The van der Waals surface area contributed by atoms with E-state index in [0.29, 0.717) is 44.3 Å². The van der Waals surface area contributed by atoms with E-state index in [0.717, 1.165) is 30.2 Å². The van der Waals surface area contributed by atoms with Gasteiger partial charge in [-0.15, -0.1) is 0 Å². The van der Waals surface area contributed by atoms with Crippen LogP contribution in [0.25, 0.3) is 0 Å². The van der Waals surface area contributed by atoms with Crippen LogP contribution in [-0.4, -0.2) is 85.5 Å². The number of nitrogens with zero attached hydrogens (tertiary/aromatic N) is 1. The molecule has 2 aromatic carbocycles. The fraction of sp³-hybridized carbons (Fsp3) is 0.588. The first-order chi connectivity index (χ1) is 22.3. The zero-order valence-corrected chi connectivity index (χ0v) is 28.3. The van der Waals surface area contributed by atoms with Crippen molar-refractivity contribution in [3.63, 3.8) is 0 Å². The zero-order chi connectivity index (χ0) is 34.6. The number of benzene rings is 2. The molecule has 13 heteroatoms. The van der Waals surface area contributed by atoms with E-state index in [1.54, 1.807) is 6.07 Å². The zero-order valence-electron chi connectivity index (χ0n) is 27.5. The van der Waals surface area contributed by atoms with Gasteiger partial charge in [0.25, 0.3) is 0 Å². The molecule has 47 heavy (non-hydrogen) atoms. The number of hydrogen-bond acceptors (Lipinski definition) is 8. The predicted molar refractivity (Wildman–Crippen MR) is 175 cm³/mol. The third-order valence-corrected chi connectivity index (χ3v) is 10.5. The number of hydrogen-bond donors (Lipinski definition) is 3. The molecule has 3 rings (SSSR count). The van der Waals surface area contributed by atoms with Crippen molar-refractivity contribution in [1.29, 1.82) is 0 Å². The van der Waals surface area contributed by atoms with Crippen molar-refractivity contribution in [1.82, 2.24) is 10.2 Å². The number of aliphatic hydroxyl groups excluding tert-OH is 1. The molecule has 1 saturated heterocycles. The Morgan fingerprint density at radius 2 is 1.72 bits per heavy atom. The standard InChI is InChI=1S/C34H49F2N3O7S/c1-4-8-29(9-5-2)47(43,44)22-31(38-34(42)46-28-12-13-45-21-28)33(41)39(19-24-11-7-10-23(6-3)14-24)20-32(40)30(37)17-25-15-26(35)18-27(36)16-25/h7,10-11,14-16,18,28-32,40H,4-6,8-9,12-13,17,19-22,37H2,1-3H3,(H,38,42)/t28-,30+,31?,32-/m1/s1. The van der Waals surface area contributed by atoms with Gasteiger partial charge in [0.2, 0.25) is 5.91 Å². The molecule has 2 amide bonds. The van der Waals surface area contributed by atoms with Crippen LogP contribution in [0.1, 0.15) is 69.6 Å². The Kier molecular flexibility index (Phi) is 15.0. The van der Waals surface area contributed by atoms with E-state index in [-0.39, 0.29) is 31.7 Å². The van der Waals surface area contributed by atoms with Gasteiger partial charge in [-0.2, -0.15) is 0 Å². The number of sulfone groups is 1. The van der Waals surface area contributed by atoms with Crippen LogP contribution in [0.3, 0.4) is 0 Å². The minimum atomic E-state index is -3.88. The fourth-order valence-corrected chi connectivity index (χ4v) is 7.90. The first-order valence-electron chi connectivity index (χ1n) is 16.4. The summed E-state index contributed by atoms with van der Waals surface area (Å²) in [6.45, 7) is 5.99. The smallest absolute Gasteiger partial charge is 0.408 e. The lowest BCUT2D eigenvalue weighted by Gasteiger charge is -2.32. The Morgan fingerprint density at radius 3 is 2.32 bits per heavy atom. The molecule has 1 heterocycles. The minimum absolute atomic E-state index is 0.0257. The number of carbonyl (C=O) groups excluding carboxylic acids is 2. The van der Waals surface area contributed by atoms with Crippen LogP contribution in [0.5, 0.6) is 0 Å². The molecule has 1 unspecified atom stereocenters. The van der Waals surface area contributed by atoms with Crippen molar-refractivity contribution in [2.24, 2.45) is 5.73 Å². The first-order valence-corrected chi connectivity index (χ1v) is 18.1. The average Bonchev–Trinajstić information content (AvgIpc) is 3.52. The fourth-order valence-electron chi connectivity index (χ4n) is 5.74. The molecule has 0 saturated carbocycles. The molecule has 10 nitrogen and oxygen atoms in total. The van der Waals surface area contributed by atoms with Crippen molar-refractivity contribution in [3.05, 3.63) is 70.8 Å². The Hall–Kier alpha value is -3.13. The molecule has 0 aromatic heterocycles. The molecule has 4 atom stereocenters. The Bertz CT molecular complexity index is 1400. The molecule has 0 spiro atoms. The Balaban J connectivity index is 1.93. The second-order valence-corrected chi connectivity index (χ2v) is 14.5. The largest absolute Gasteiger partial charge is 0.444 e. The molecule has 4 N–H and O–H groups in total. The van der Waals surface area contributed by atoms with E-state index in [1.807, 2.05) is 39.0 Å². The van der Waals surface area contributed by atoms with Gasteiger partial charge in [0.05, 0.1) is 30.3 Å². The van der Waals surface area contributed by atoms with Crippen molar-refractivity contribution in [3.8, 4) is 0 Å². The normalized spacial score (nSPS) is 16.9. The molecule has 1 aliphatic rings. The molecule has 2 aromatic rings. The van der Waals surface area contributed by atoms with Gasteiger partial charge in [-0.25, -0.2) is 22.0 Å². The van der Waals surface area contributed by atoms with E-state index in [9.17, 15) is 31.9 Å². The maximum Gasteiger partial charge on any atom is 0.408 e. The van der Waals surface area contributed by atoms with Crippen LogP contribution in [0.2, 0.25) is 0 Å². The van der Waals surface area contributed by atoms with E-state index in [2.05, 4.69) is 5.32 Å². The molecular formula is C34H49F2N3O7S. The van der Waals surface area contributed by atoms with Crippen LogP contribution < -0.4 is 11.1 Å². The van der Waals surface area contributed by atoms with Gasteiger partial charge in [-0.1, -0.05) is 57.9 Å². The van der Waals surface area contributed by atoms with Crippen molar-refractivity contribution in [2.75, 3.05) is 25.5 Å². The van der Waals surface area contributed by atoms with E-state index >= 15 is 0 Å². The van der Waals surface area contributed by atoms with Crippen LogP contribution in [-0.2, 0) is 43.5 Å². The molecule has 1 fully saturated rings. The summed E-state index contributed by atoms with van der Waals surface area (Å²) in [5.41, 5.74) is 8.21. The number of aryl methyl sites for hydroxylation is 1. The molecular weight excluding hydrogens is 632 g/mol. The van der Waals surface area contributed by atoms with Crippen molar-refractivity contribution < 1.29 is 41.4 Å². The molecule has 0 aliphatic carbocycles. The summed E-state index contributed by atoms with van der Waals surface area (Å²) in [4.78, 5) is 28.6. The Morgan fingerprint density at radius 1 is 1.06 bits per heavy atom. The maximum atomic E-state index is 14.3. The summed E-state index contributed by atoms with van der Waals surface area (Å²) >= 11 is 0.